The number of nitrogens with zero attached hydrogens (tertiary/aromatic N) is 1. The lowest BCUT2D eigenvalue weighted by molar-refractivity contribution is 0.0535. The van der Waals surface area contributed by atoms with Crippen molar-refractivity contribution in [3.8, 4) is 11.3 Å². The van der Waals surface area contributed by atoms with Gasteiger partial charge in [-0.1, -0.05) is 17.3 Å². The van der Waals surface area contributed by atoms with Gasteiger partial charge in [0.05, 0.1) is 5.56 Å². The molecule has 0 spiro atoms. The van der Waals surface area contributed by atoms with Gasteiger partial charge in [0.25, 0.3) is 0 Å². The number of hydrogen-bond donors (Lipinski definition) is 1. The standard InChI is InChI=1S/C13H9NO4/c15-13-11-5-8(1-2-9(11)7-17-13)12-4-3-10(18-12)6-14-16/h1-6,16H,7H2/b14-6+. The van der Waals surface area contributed by atoms with Crippen LogP contribution in [0.2, 0.25) is 0 Å². The van der Waals surface area contributed by atoms with E-state index in [-0.39, 0.29) is 5.97 Å². The fourth-order valence-corrected chi connectivity index (χ4v) is 1.90. The van der Waals surface area contributed by atoms with Crippen molar-refractivity contribution in [3.63, 3.8) is 0 Å². The van der Waals surface area contributed by atoms with Gasteiger partial charge in [0.15, 0.2) is 0 Å². The minimum absolute atomic E-state index is 0.310. The molecule has 18 heavy (non-hydrogen) atoms. The minimum Gasteiger partial charge on any atom is -0.457 e. The van der Waals surface area contributed by atoms with Crippen LogP contribution < -0.4 is 0 Å². The summed E-state index contributed by atoms with van der Waals surface area (Å²) in [4.78, 5) is 11.4. The molecule has 0 aliphatic carbocycles. The average Bonchev–Trinajstić information content (AvgIpc) is 2.98. The molecule has 0 fully saturated rings. The largest absolute Gasteiger partial charge is 0.457 e. The number of cyclic esters (lactones) is 1. The molecule has 5 nitrogen and oxygen atoms in total. The molecule has 0 radical (unpaired) electrons. The molecule has 1 N–H and O–H groups in total. The Morgan fingerprint density at radius 2 is 2.17 bits per heavy atom. The lowest BCUT2D eigenvalue weighted by atomic mass is 10.0. The fourth-order valence-electron chi connectivity index (χ4n) is 1.90. The number of carbonyl (C=O) groups is 1. The molecule has 0 saturated carbocycles. The molecule has 1 aromatic heterocycles. The molecule has 1 aliphatic heterocycles. The summed E-state index contributed by atoms with van der Waals surface area (Å²) in [6.07, 6.45) is 1.20. The Bertz CT molecular complexity index is 642. The molecule has 0 atom stereocenters. The number of furan rings is 1. The van der Waals surface area contributed by atoms with Gasteiger partial charge in [-0.3, -0.25) is 0 Å². The molecule has 0 saturated heterocycles. The number of fused-ring (bicyclic) bond motifs is 1. The third-order valence-electron chi connectivity index (χ3n) is 2.78. The molecule has 0 amide bonds. The Balaban J connectivity index is 2.01. The molecular weight excluding hydrogens is 234 g/mol. The van der Waals surface area contributed by atoms with Crippen LogP contribution in [0.4, 0.5) is 0 Å². The number of esters is 1. The van der Waals surface area contributed by atoms with Crippen molar-refractivity contribution in [2.75, 3.05) is 0 Å². The smallest absolute Gasteiger partial charge is 0.338 e. The number of benzene rings is 1. The topological polar surface area (TPSA) is 72.0 Å². The van der Waals surface area contributed by atoms with Gasteiger partial charge in [0.2, 0.25) is 0 Å². The summed E-state index contributed by atoms with van der Waals surface area (Å²) in [5.74, 6) is 0.735. The van der Waals surface area contributed by atoms with Gasteiger partial charge < -0.3 is 14.4 Å². The maximum atomic E-state index is 11.4. The van der Waals surface area contributed by atoms with E-state index in [1.165, 1.54) is 6.21 Å². The molecule has 2 aromatic rings. The van der Waals surface area contributed by atoms with Crippen molar-refractivity contribution in [3.05, 3.63) is 47.2 Å². The zero-order chi connectivity index (χ0) is 12.5. The van der Waals surface area contributed by atoms with Gasteiger partial charge >= 0.3 is 5.97 Å². The van der Waals surface area contributed by atoms with Crippen molar-refractivity contribution in [1.29, 1.82) is 0 Å². The Morgan fingerprint density at radius 1 is 1.28 bits per heavy atom. The highest BCUT2D eigenvalue weighted by atomic mass is 16.5. The van der Waals surface area contributed by atoms with Crippen LogP contribution in [0.5, 0.6) is 0 Å². The number of hydrogen-bond acceptors (Lipinski definition) is 5. The molecule has 0 bridgehead atoms. The first kappa shape index (κ1) is 10.6. The summed E-state index contributed by atoms with van der Waals surface area (Å²) >= 11 is 0. The summed E-state index contributed by atoms with van der Waals surface area (Å²) < 4.78 is 10.4. The third-order valence-corrected chi connectivity index (χ3v) is 2.78. The van der Waals surface area contributed by atoms with E-state index >= 15 is 0 Å². The van der Waals surface area contributed by atoms with E-state index in [1.54, 1.807) is 18.2 Å². The lowest BCUT2D eigenvalue weighted by Gasteiger charge is -1.99. The predicted octanol–water partition coefficient (Wildman–Crippen LogP) is 2.43. The first-order valence-electron chi connectivity index (χ1n) is 5.35. The summed E-state index contributed by atoms with van der Waals surface area (Å²) in [6.45, 7) is 0.328. The highest BCUT2D eigenvalue weighted by Crippen LogP contribution is 2.27. The van der Waals surface area contributed by atoms with Crippen molar-refractivity contribution in [1.82, 2.24) is 0 Å². The Morgan fingerprint density at radius 3 is 3.00 bits per heavy atom. The normalized spacial score (nSPS) is 13.9. The highest BCUT2D eigenvalue weighted by Gasteiger charge is 2.21. The van der Waals surface area contributed by atoms with E-state index in [4.69, 9.17) is 14.4 Å². The highest BCUT2D eigenvalue weighted by molar-refractivity contribution is 5.94. The molecule has 3 rings (SSSR count). The molecule has 2 heterocycles. The van der Waals surface area contributed by atoms with Crippen LogP contribution >= 0.6 is 0 Å². The Kier molecular flexibility index (Phi) is 2.37. The van der Waals surface area contributed by atoms with E-state index in [2.05, 4.69) is 5.16 Å². The van der Waals surface area contributed by atoms with E-state index in [0.717, 1.165) is 11.1 Å². The van der Waals surface area contributed by atoms with Crippen molar-refractivity contribution < 1.29 is 19.2 Å². The van der Waals surface area contributed by atoms with Crippen LogP contribution in [0.3, 0.4) is 0 Å². The average molecular weight is 243 g/mol. The second kappa shape index (κ2) is 4.03. The van der Waals surface area contributed by atoms with Crippen molar-refractivity contribution in [2.24, 2.45) is 5.16 Å². The molecule has 0 unspecified atom stereocenters. The fraction of sp³-hybridized carbons (Fsp3) is 0.0769. The maximum absolute atomic E-state index is 11.4. The van der Waals surface area contributed by atoms with Gasteiger partial charge in [-0.2, -0.15) is 0 Å². The van der Waals surface area contributed by atoms with Crippen LogP contribution in [-0.4, -0.2) is 17.4 Å². The van der Waals surface area contributed by atoms with E-state index in [9.17, 15) is 4.79 Å². The summed E-state index contributed by atoms with van der Waals surface area (Å²) in [6, 6.07) is 8.88. The van der Waals surface area contributed by atoms with Crippen molar-refractivity contribution in [2.45, 2.75) is 6.61 Å². The van der Waals surface area contributed by atoms with Crippen molar-refractivity contribution >= 4 is 12.2 Å². The van der Waals surface area contributed by atoms with Crippen LogP contribution in [0, 0.1) is 0 Å². The molecule has 1 aromatic carbocycles. The van der Waals surface area contributed by atoms with Crippen LogP contribution in [0.15, 0.2) is 39.9 Å². The monoisotopic (exact) mass is 243 g/mol. The predicted molar refractivity (Wildman–Crippen MR) is 62.6 cm³/mol. The summed E-state index contributed by atoms with van der Waals surface area (Å²) in [7, 11) is 0. The number of ether oxygens (including phenoxy) is 1. The third kappa shape index (κ3) is 1.66. The zero-order valence-electron chi connectivity index (χ0n) is 9.29. The first-order chi connectivity index (χ1) is 8.78. The van der Waals surface area contributed by atoms with Crippen LogP contribution in [0.1, 0.15) is 21.7 Å². The summed E-state index contributed by atoms with van der Waals surface area (Å²) in [5.41, 5.74) is 2.24. The van der Waals surface area contributed by atoms with Gasteiger partial charge in [0, 0.05) is 11.1 Å². The molecular formula is C13H9NO4. The second-order valence-corrected chi connectivity index (χ2v) is 3.89. The van der Waals surface area contributed by atoms with Gasteiger partial charge in [-0.15, -0.1) is 0 Å². The van der Waals surface area contributed by atoms with Gasteiger partial charge in [-0.25, -0.2) is 4.79 Å². The van der Waals surface area contributed by atoms with E-state index < -0.39 is 0 Å². The van der Waals surface area contributed by atoms with E-state index in [0.29, 0.717) is 23.7 Å². The molecule has 90 valence electrons. The quantitative estimate of drug-likeness (QED) is 0.380. The van der Waals surface area contributed by atoms with Crippen LogP contribution in [-0.2, 0) is 11.3 Å². The second-order valence-electron chi connectivity index (χ2n) is 3.89. The Hall–Kier alpha value is -2.56. The zero-order valence-corrected chi connectivity index (χ0v) is 9.29. The maximum Gasteiger partial charge on any atom is 0.338 e. The summed E-state index contributed by atoms with van der Waals surface area (Å²) in [5, 5.41) is 11.3. The van der Waals surface area contributed by atoms with Gasteiger partial charge in [-0.05, 0) is 18.2 Å². The first-order valence-corrected chi connectivity index (χ1v) is 5.35. The number of carbonyl (C=O) groups excluding carboxylic acids is 1. The number of oxime groups is 1. The number of rotatable bonds is 2. The minimum atomic E-state index is -0.310. The Labute approximate surface area is 102 Å². The molecule has 1 aliphatic rings. The van der Waals surface area contributed by atoms with Gasteiger partial charge in [0.1, 0.15) is 24.3 Å². The van der Waals surface area contributed by atoms with Crippen LogP contribution in [0.25, 0.3) is 11.3 Å². The lowest BCUT2D eigenvalue weighted by Crippen LogP contribution is -1.93. The SMILES string of the molecule is O=C1OCc2ccc(-c3ccc(/C=N/O)o3)cc21. The molecule has 5 heteroatoms. The van der Waals surface area contributed by atoms with E-state index in [1.807, 2.05) is 12.1 Å².